The molecule has 0 heterocycles. The predicted octanol–water partition coefficient (Wildman–Crippen LogP) is 3.13. The van der Waals surface area contributed by atoms with Crippen LogP contribution in [0.3, 0.4) is 0 Å². The van der Waals surface area contributed by atoms with Gasteiger partial charge in [0.15, 0.2) is 0 Å². The second-order valence-corrected chi connectivity index (χ2v) is 5.85. The standard InChI is InChI=1S/C15H16O4S/c1-12-8-6-7-11-15(12)20(16,17)19-13(2)18-14-9-4-3-5-10-14/h3-11,13H,1-2H3. The number of ether oxygens (including phenoxy) is 1. The summed E-state index contributed by atoms with van der Waals surface area (Å²) < 4.78 is 34.8. The summed E-state index contributed by atoms with van der Waals surface area (Å²) in [6.45, 7) is 3.27. The lowest BCUT2D eigenvalue weighted by molar-refractivity contribution is 0.0282. The minimum Gasteiger partial charge on any atom is -0.464 e. The molecule has 1 unspecified atom stereocenters. The molecular weight excluding hydrogens is 276 g/mol. The van der Waals surface area contributed by atoms with E-state index < -0.39 is 16.4 Å². The molecule has 0 aliphatic heterocycles. The van der Waals surface area contributed by atoms with Crippen molar-refractivity contribution in [1.29, 1.82) is 0 Å². The van der Waals surface area contributed by atoms with Crippen LogP contribution in [0.15, 0.2) is 59.5 Å². The fourth-order valence-electron chi connectivity index (χ4n) is 1.78. The van der Waals surface area contributed by atoms with Crippen molar-refractivity contribution in [1.82, 2.24) is 0 Å². The summed E-state index contributed by atoms with van der Waals surface area (Å²) in [4.78, 5) is 0.156. The van der Waals surface area contributed by atoms with E-state index in [1.54, 1.807) is 56.3 Å². The van der Waals surface area contributed by atoms with Crippen LogP contribution in [0.2, 0.25) is 0 Å². The van der Waals surface area contributed by atoms with E-state index >= 15 is 0 Å². The summed E-state index contributed by atoms with van der Waals surface area (Å²) in [6.07, 6.45) is -0.901. The van der Waals surface area contributed by atoms with Crippen molar-refractivity contribution < 1.29 is 17.3 Å². The zero-order chi connectivity index (χ0) is 14.6. The van der Waals surface area contributed by atoms with Crippen molar-refractivity contribution in [3.63, 3.8) is 0 Å². The molecule has 20 heavy (non-hydrogen) atoms. The van der Waals surface area contributed by atoms with Gasteiger partial charge < -0.3 is 4.74 Å². The van der Waals surface area contributed by atoms with Gasteiger partial charge in [-0.1, -0.05) is 36.4 Å². The fourth-order valence-corrected chi connectivity index (χ4v) is 2.98. The van der Waals surface area contributed by atoms with Gasteiger partial charge in [-0.3, -0.25) is 0 Å². The van der Waals surface area contributed by atoms with Crippen molar-refractivity contribution in [2.75, 3.05) is 0 Å². The second kappa shape index (κ2) is 6.07. The topological polar surface area (TPSA) is 52.6 Å². The largest absolute Gasteiger partial charge is 0.464 e. The van der Waals surface area contributed by atoms with E-state index in [4.69, 9.17) is 8.92 Å². The third-order valence-corrected chi connectivity index (χ3v) is 4.19. The van der Waals surface area contributed by atoms with E-state index in [-0.39, 0.29) is 4.90 Å². The average molecular weight is 292 g/mol. The summed E-state index contributed by atoms with van der Waals surface area (Å²) in [6, 6.07) is 15.6. The Labute approximate surface area is 119 Å². The SMILES string of the molecule is Cc1ccccc1S(=O)(=O)OC(C)Oc1ccccc1. The lowest BCUT2D eigenvalue weighted by Crippen LogP contribution is -2.21. The number of para-hydroxylation sites is 1. The van der Waals surface area contributed by atoms with Gasteiger partial charge in [0.2, 0.25) is 6.29 Å². The molecule has 2 aromatic carbocycles. The Hall–Kier alpha value is -1.85. The van der Waals surface area contributed by atoms with E-state index in [1.165, 1.54) is 6.07 Å². The van der Waals surface area contributed by atoms with E-state index in [2.05, 4.69) is 0 Å². The third-order valence-electron chi connectivity index (χ3n) is 2.67. The normalized spacial score (nSPS) is 12.9. The first kappa shape index (κ1) is 14.6. The highest BCUT2D eigenvalue weighted by molar-refractivity contribution is 7.86. The minimum atomic E-state index is -3.84. The van der Waals surface area contributed by atoms with E-state index in [1.807, 2.05) is 6.07 Å². The molecule has 0 aromatic heterocycles. The highest BCUT2D eigenvalue weighted by Crippen LogP contribution is 2.20. The van der Waals surface area contributed by atoms with Crippen LogP contribution < -0.4 is 4.74 Å². The number of aryl methyl sites for hydroxylation is 1. The number of benzene rings is 2. The molecule has 0 amide bonds. The monoisotopic (exact) mass is 292 g/mol. The Kier molecular flexibility index (Phi) is 4.42. The van der Waals surface area contributed by atoms with Gasteiger partial charge in [0.05, 0.1) is 4.90 Å². The van der Waals surface area contributed by atoms with Crippen molar-refractivity contribution in [3.05, 3.63) is 60.2 Å². The van der Waals surface area contributed by atoms with Crippen molar-refractivity contribution in [2.24, 2.45) is 0 Å². The molecule has 0 saturated heterocycles. The van der Waals surface area contributed by atoms with Crippen LogP contribution in [0.5, 0.6) is 5.75 Å². The maximum Gasteiger partial charge on any atom is 0.300 e. The first-order valence-corrected chi connectivity index (χ1v) is 7.60. The van der Waals surface area contributed by atoms with Gasteiger partial charge in [-0.2, -0.15) is 8.42 Å². The third kappa shape index (κ3) is 3.59. The van der Waals surface area contributed by atoms with Crippen LogP contribution in [0, 0.1) is 6.92 Å². The molecule has 0 N–H and O–H groups in total. The number of rotatable bonds is 5. The van der Waals surface area contributed by atoms with Gasteiger partial charge in [0.25, 0.3) is 0 Å². The van der Waals surface area contributed by atoms with Gasteiger partial charge >= 0.3 is 10.1 Å². The Balaban J connectivity index is 2.11. The van der Waals surface area contributed by atoms with Crippen LogP contribution in [0.1, 0.15) is 12.5 Å². The van der Waals surface area contributed by atoms with Crippen molar-refractivity contribution in [3.8, 4) is 5.75 Å². The summed E-state index contributed by atoms with van der Waals surface area (Å²) >= 11 is 0. The van der Waals surface area contributed by atoms with Crippen LogP contribution in [-0.2, 0) is 14.3 Å². The smallest absolute Gasteiger partial charge is 0.300 e. The fraction of sp³-hybridized carbons (Fsp3) is 0.200. The minimum absolute atomic E-state index is 0.156. The molecule has 2 rings (SSSR count). The summed E-state index contributed by atoms with van der Waals surface area (Å²) in [5.41, 5.74) is 0.638. The molecule has 2 aromatic rings. The highest BCUT2D eigenvalue weighted by Gasteiger charge is 2.21. The van der Waals surface area contributed by atoms with Crippen LogP contribution in [0.25, 0.3) is 0 Å². The van der Waals surface area contributed by atoms with E-state index in [9.17, 15) is 8.42 Å². The maximum absolute atomic E-state index is 12.2. The molecule has 0 aliphatic rings. The predicted molar refractivity (Wildman–Crippen MR) is 76.0 cm³/mol. The second-order valence-electron chi connectivity index (χ2n) is 4.31. The van der Waals surface area contributed by atoms with Crippen LogP contribution >= 0.6 is 0 Å². The molecule has 106 valence electrons. The summed E-state index contributed by atoms with van der Waals surface area (Å²) in [5, 5.41) is 0. The van der Waals surface area contributed by atoms with Crippen LogP contribution in [-0.4, -0.2) is 14.7 Å². The molecule has 0 aliphatic carbocycles. The van der Waals surface area contributed by atoms with E-state index in [0.29, 0.717) is 11.3 Å². The van der Waals surface area contributed by atoms with Crippen molar-refractivity contribution in [2.45, 2.75) is 25.0 Å². The van der Waals surface area contributed by atoms with E-state index in [0.717, 1.165) is 0 Å². The van der Waals surface area contributed by atoms with Gasteiger partial charge in [0, 0.05) is 0 Å². The molecule has 0 radical (unpaired) electrons. The number of hydrogen-bond donors (Lipinski definition) is 0. The molecule has 5 heteroatoms. The Morgan fingerprint density at radius 1 is 0.950 bits per heavy atom. The van der Waals surface area contributed by atoms with Gasteiger partial charge in [-0.05, 0) is 37.6 Å². The Morgan fingerprint density at radius 3 is 2.20 bits per heavy atom. The molecule has 0 fully saturated rings. The first-order valence-electron chi connectivity index (χ1n) is 6.20. The molecule has 0 bridgehead atoms. The average Bonchev–Trinajstić information content (AvgIpc) is 2.39. The molecule has 0 saturated carbocycles. The maximum atomic E-state index is 12.2. The Bertz CT molecular complexity index is 665. The lowest BCUT2D eigenvalue weighted by Gasteiger charge is -2.15. The molecule has 0 spiro atoms. The molecule has 4 nitrogen and oxygen atoms in total. The van der Waals surface area contributed by atoms with Gasteiger partial charge in [-0.25, -0.2) is 4.18 Å². The quantitative estimate of drug-likeness (QED) is 0.627. The van der Waals surface area contributed by atoms with Crippen LogP contribution in [0.4, 0.5) is 0 Å². The highest BCUT2D eigenvalue weighted by atomic mass is 32.2. The zero-order valence-electron chi connectivity index (χ0n) is 11.3. The molecule has 1 atom stereocenters. The lowest BCUT2D eigenvalue weighted by atomic mass is 10.2. The van der Waals surface area contributed by atoms with Gasteiger partial charge in [0.1, 0.15) is 5.75 Å². The van der Waals surface area contributed by atoms with Gasteiger partial charge in [-0.15, -0.1) is 0 Å². The summed E-state index contributed by atoms with van der Waals surface area (Å²) in [5.74, 6) is 0.556. The number of hydrogen-bond acceptors (Lipinski definition) is 4. The summed E-state index contributed by atoms with van der Waals surface area (Å²) in [7, 11) is -3.84. The Morgan fingerprint density at radius 2 is 1.55 bits per heavy atom. The molecular formula is C15H16O4S. The van der Waals surface area contributed by atoms with Crippen molar-refractivity contribution >= 4 is 10.1 Å². The first-order chi connectivity index (χ1) is 9.49. The zero-order valence-corrected chi connectivity index (χ0v) is 12.1.